The molecule has 0 aliphatic heterocycles. The fraction of sp³-hybridized carbons (Fsp3) is 0.917. The Hall–Kier alpha value is -0.530. The molecule has 1 rings (SSSR count). The summed E-state index contributed by atoms with van der Waals surface area (Å²) in [5.74, 6) is 0.287. The molecular formula is C12H23NO. The monoisotopic (exact) mass is 197 g/mol. The van der Waals surface area contributed by atoms with Gasteiger partial charge in [0.2, 0.25) is 5.91 Å². The molecule has 0 aromatic carbocycles. The lowest BCUT2D eigenvalue weighted by Gasteiger charge is -2.38. The molecule has 0 heterocycles. The molecule has 0 aromatic heterocycles. The van der Waals surface area contributed by atoms with Crippen molar-refractivity contribution in [3.63, 3.8) is 0 Å². The number of rotatable bonds is 2. The van der Waals surface area contributed by atoms with Gasteiger partial charge in [0.25, 0.3) is 0 Å². The van der Waals surface area contributed by atoms with E-state index in [2.05, 4.69) is 13.8 Å². The predicted molar refractivity (Wildman–Crippen MR) is 59.1 cm³/mol. The van der Waals surface area contributed by atoms with Crippen LogP contribution in [0.5, 0.6) is 0 Å². The van der Waals surface area contributed by atoms with Crippen LogP contribution >= 0.6 is 0 Å². The molecule has 2 heteroatoms. The number of amides is 1. The van der Waals surface area contributed by atoms with Crippen LogP contribution in [0.15, 0.2) is 0 Å². The normalized spacial score (nSPS) is 22.0. The van der Waals surface area contributed by atoms with Crippen molar-refractivity contribution in [3.05, 3.63) is 0 Å². The van der Waals surface area contributed by atoms with E-state index in [1.807, 2.05) is 18.9 Å². The maximum Gasteiger partial charge on any atom is 0.222 e. The van der Waals surface area contributed by atoms with Crippen LogP contribution in [0.2, 0.25) is 0 Å². The van der Waals surface area contributed by atoms with Crippen LogP contribution in [0, 0.1) is 5.41 Å². The zero-order chi connectivity index (χ0) is 10.8. The number of carbonyl (C=O) groups is 1. The van der Waals surface area contributed by atoms with Gasteiger partial charge in [0.05, 0.1) is 0 Å². The highest BCUT2D eigenvalue weighted by atomic mass is 16.2. The molecule has 0 bridgehead atoms. The lowest BCUT2D eigenvalue weighted by Crippen LogP contribution is -2.40. The fourth-order valence-corrected chi connectivity index (χ4v) is 2.22. The molecule has 2 nitrogen and oxygen atoms in total. The van der Waals surface area contributed by atoms with E-state index in [-0.39, 0.29) is 5.91 Å². The van der Waals surface area contributed by atoms with Gasteiger partial charge in [-0.2, -0.15) is 0 Å². The average Bonchev–Trinajstić information content (AvgIpc) is 2.15. The Balaban J connectivity index is 2.45. The van der Waals surface area contributed by atoms with Gasteiger partial charge in [0, 0.05) is 19.5 Å². The number of hydrogen-bond donors (Lipinski definition) is 0. The van der Waals surface area contributed by atoms with Crippen molar-refractivity contribution in [2.24, 2.45) is 5.41 Å². The summed E-state index contributed by atoms with van der Waals surface area (Å²) >= 11 is 0. The molecule has 0 saturated heterocycles. The molecule has 1 aliphatic carbocycles. The molecular weight excluding hydrogens is 174 g/mol. The van der Waals surface area contributed by atoms with Crippen molar-refractivity contribution >= 4 is 5.91 Å². The summed E-state index contributed by atoms with van der Waals surface area (Å²) < 4.78 is 0. The third kappa shape index (κ3) is 2.73. The van der Waals surface area contributed by atoms with Gasteiger partial charge in [-0.05, 0) is 31.1 Å². The average molecular weight is 197 g/mol. The zero-order valence-corrected chi connectivity index (χ0v) is 9.97. The molecule has 14 heavy (non-hydrogen) atoms. The van der Waals surface area contributed by atoms with Crippen LogP contribution in [0.4, 0.5) is 0 Å². The lowest BCUT2D eigenvalue weighted by atomic mass is 9.75. The smallest absolute Gasteiger partial charge is 0.222 e. The second-order valence-electron chi connectivity index (χ2n) is 5.25. The summed E-state index contributed by atoms with van der Waals surface area (Å²) in [5, 5.41) is 0. The topological polar surface area (TPSA) is 20.3 Å². The summed E-state index contributed by atoms with van der Waals surface area (Å²) in [7, 11) is 1.95. The van der Waals surface area contributed by atoms with Crippen LogP contribution in [0.25, 0.3) is 0 Å². The van der Waals surface area contributed by atoms with Gasteiger partial charge in [0.15, 0.2) is 0 Å². The van der Waals surface area contributed by atoms with Crippen LogP contribution in [-0.4, -0.2) is 23.9 Å². The Morgan fingerprint density at radius 2 is 1.86 bits per heavy atom. The maximum absolute atomic E-state index is 11.5. The highest BCUT2D eigenvalue weighted by Gasteiger charge is 2.29. The second-order valence-corrected chi connectivity index (χ2v) is 5.25. The van der Waals surface area contributed by atoms with E-state index in [1.54, 1.807) is 0 Å². The number of carbonyl (C=O) groups excluding carboxylic acids is 1. The van der Waals surface area contributed by atoms with Gasteiger partial charge in [-0.3, -0.25) is 4.79 Å². The van der Waals surface area contributed by atoms with Gasteiger partial charge in [-0.25, -0.2) is 0 Å². The molecule has 1 aliphatic rings. The molecule has 0 N–H and O–H groups in total. The third-order valence-electron chi connectivity index (χ3n) is 3.55. The van der Waals surface area contributed by atoms with Crippen molar-refractivity contribution < 1.29 is 4.79 Å². The molecule has 0 radical (unpaired) electrons. The standard InChI is InChI=1S/C12H23NO/c1-5-11(14)13(4)10-6-8-12(2,3)9-7-10/h10H,5-9H2,1-4H3. The van der Waals surface area contributed by atoms with Crippen molar-refractivity contribution in [1.82, 2.24) is 4.90 Å². The van der Waals surface area contributed by atoms with E-state index in [0.29, 0.717) is 17.9 Å². The third-order valence-corrected chi connectivity index (χ3v) is 3.55. The predicted octanol–water partition coefficient (Wildman–Crippen LogP) is 2.82. The Morgan fingerprint density at radius 1 is 1.36 bits per heavy atom. The van der Waals surface area contributed by atoms with Crippen LogP contribution in [-0.2, 0) is 4.79 Å². The van der Waals surface area contributed by atoms with E-state index < -0.39 is 0 Å². The van der Waals surface area contributed by atoms with E-state index in [4.69, 9.17) is 0 Å². The van der Waals surface area contributed by atoms with E-state index in [9.17, 15) is 4.79 Å². The Kier molecular flexibility index (Phi) is 3.57. The van der Waals surface area contributed by atoms with Crippen LogP contribution in [0.3, 0.4) is 0 Å². The molecule has 0 atom stereocenters. The lowest BCUT2D eigenvalue weighted by molar-refractivity contribution is -0.132. The van der Waals surface area contributed by atoms with E-state index in [0.717, 1.165) is 0 Å². The summed E-state index contributed by atoms with van der Waals surface area (Å²) in [4.78, 5) is 13.5. The summed E-state index contributed by atoms with van der Waals surface area (Å²) in [6, 6.07) is 0.496. The SMILES string of the molecule is CCC(=O)N(C)C1CCC(C)(C)CC1. The zero-order valence-electron chi connectivity index (χ0n) is 9.97. The first kappa shape index (κ1) is 11.5. The van der Waals surface area contributed by atoms with Gasteiger partial charge in [-0.15, -0.1) is 0 Å². The highest BCUT2D eigenvalue weighted by molar-refractivity contribution is 5.75. The summed E-state index contributed by atoms with van der Waals surface area (Å²) in [6.07, 6.45) is 5.48. The molecule has 1 amide bonds. The maximum atomic E-state index is 11.5. The van der Waals surface area contributed by atoms with Crippen LogP contribution < -0.4 is 0 Å². The summed E-state index contributed by atoms with van der Waals surface area (Å²) in [5.41, 5.74) is 0.493. The molecule has 0 spiro atoms. The first-order chi connectivity index (χ1) is 6.46. The first-order valence-corrected chi connectivity index (χ1v) is 5.72. The molecule has 1 saturated carbocycles. The van der Waals surface area contributed by atoms with Gasteiger partial charge in [-0.1, -0.05) is 20.8 Å². The number of nitrogens with zero attached hydrogens (tertiary/aromatic N) is 1. The van der Waals surface area contributed by atoms with Crippen LogP contribution in [0.1, 0.15) is 52.9 Å². The van der Waals surface area contributed by atoms with Crippen molar-refractivity contribution in [3.8, 4) is 0 Å². The van der Waals surface area contributed by atoms with Gasteiger partial charge < -0.3 is 4.90 Å². The largest absolute Gasteiger partial charge is 0.343 e. The van der Waals surface area contributed by atoms with Crippen molar-refractivity contribution in [2.45, 2.75) is 58.9 Å². The highest BCUT2D eigenvalue weighted by Crippen LogP contribution is 2.36. The quantitative estimate of drug-likeness (QED) is 0.666. The van der Waals surface area contributed by atoms with E-state index in [1.165, 1.54) is 25.7 Å². The second kappa shape index (κ2) is 4.33. The molecule has 0 unspecified atom stereocenters. The Labute approximate surface area is 87.7 Å². The van der Waals surface area contributed by atoms with E-state index >= 15 is 0 Å². The Bertz CT molecular complexity index is 200. The minimum atomic E-state index is 0.287. The molecule has 0 aromatic rings. The first-order valence-electron chi connectivity index (χ1n) is 5.72. The van der Waals surface area contributed by atoms with Crippen molar-refractivity contribution in [1.29, 1.82) is 0 Å². The van der Waals surface area contributed by atoms with Crippen molar-refractivity contribution in [2.75, 3.05) is 7.05 Å². The molecule has 1 fully saturated rings. The minimum absolute atomic E-state index is 0.287. The molecule has 82 valence electrons. The van der Waals surface area contributed by atoms with Gasteiger partial charge in [0.1, 0.15) is 0 Å². The Morgan fingerprint density at radius 3 is 2.29 bits per heavy atom. The van der Waals surface area contributed by atoms with Gasteiger partial charge >= 0.3 is 0 Å². The fourth-order valence-electron chi connectivity index (χ4n) is 2.22. The number of hydrogen-bond acceptors (Lipinski definition) is 1. The summed E-state index contributed by atoms with van der Waals surface area (Å²) in [6.45, 7) is 6.58. The minimum Gasteiger partial charge on any atom is -0.343 e.